The van der Waals surface area contributed by atoms with E-state index in [1.807, 2.05) is 0 Å². The smallest absolute Gasteiger partial charge is 0.334 e. The normalized spacial score (nSPS) is 20.9. The van der Waals surface area contributed by atoms with Crippen molar-refractivity contribution in [2.45, 2.75) is 55.4 Å². The molecule has 0 heterocycles. The maximum atomic E-state index is 12.4. The van der Waals surface area contributed by atoms with E-state index < -0.39 is 35.7 Å². The molecule has 1 saturated carbocycles. The fourth-order valence-electron chi connectivity index (χ4n) is 2.58. The molecule has 0 bridgehead atoms. The molecule has 2 atom stereocenters. The number of esters is 1. The number of carbonyl (C=O) groups excluding carboxylic acids is 2. The molecule has 22 heavy (non-hydrogen) atoms. The Labute approximate surface area is 134 Å². The fourth-order valence-corrected chi connectivity index (χ4v) is 3.99. The molecule has 0 amide bonds. The first-order chi connectivity index (χ1) is 10.1. The molecule has 0 aromatic rings. The van der Waals surface area contributed by atoms with Crippen LogP contribution in [0, 0.1) is 0 Å². The number of nitrogens with two attached hydrogens (primary N) is 2. The average Bonchev–Trinajstić information content (AvgIpc) is 2.89. The first kappa shape index (κ1) is 18.9. The van der Waals surface area contributed by atoms with Crippen molar-refractivity contribution in [3.8, 4) is 0 Å². The zero-order valence-electron chi connectivity index (χ0n) is 13.0. The Bertz CT molecular complexity index is 451. The van der Waals surface area contributed by atoms with Crippen LogP contribution in [0.2, 0.25) is 0 Å². The van der Waals surface area contributed by atoms with Crippen molar-refractivity contribution >= 4 is 29.5 Å². The molecule has 0 aromatic carbocycles. The van der Waals surface area contributed by atoms with Gasteiger partial charge in [0.05, 0.1) is 19.6 Å². The van der Waals surface area contributed by atoms with Gasteiger partial charge in [-0.3, -0.25) is 9.59 Å². The number of methoxy groups -OCH3 is 1. The van der Waals surface area contributed by atoms with Gasteiger partial charge in [0.2, 0.25) is 0 Å². The van der Waals surface area contributed by atoms with Gasteiger partial charge in [-0.05, 0) is 12.8 Å². The first-order valence-electron chi connectivity index (χ1n) is 7.17. The van der Waals surface area contributed by atoms with Crippen LogP contribution in [-0.4, -0.2) is 52.0 Å². The predicted molar refractivity (Wildman–Crippen MR) is 83.5 cm³/mol. The van der Waals surface area contributed by atoms with E-state index in [1.165, 1.54) is 11.8 Å². The molecule has 1 rings (SSSR count). The van der Waals surface area contributed by atoms with Gasteiger partial charge in [0.1, 0.15) is 0 Å². The van der Waals surface area contributed by atoms with Crippen LogP contribution in [0.15, 0.2) is 0 Å². The highest BCUT2D eigenvalue weighted by molar-refractivity contribution is 8.00. The highest BCUT2D eigenvalue weighted by atomic mass is 32.2. The number of aliphatic carboxylic acids is 1. The van der Waals surface area contributed by atoms with E-state index in [0.29, 0.717) is 0 Å². The quantitative estimate of drug-likeness (QED) is 0.427. The van der Waals surface area contributed by atoms with Crippen molar-refractivity contribution in [1.82, 2.24) is 0 Å². The molecule has 8 heteroatoms. The van der Waals surface area contributed by atoms with Crippen LogP contribution < -0.4 is 11.5 Å². The van der Waals surface area contributed by atoms with Crippen LogP contribution in [0.5, 0.6) is 0 Å². The summed E-state index contributed by atoms with van der Waals surface area (Å²) in [4.78, 5) is 35.1. The van der Waals surface area contributed by atoms with Crippen LogP contribution in [-0.2, 0) is 19.1 Å². The van der Waals surface area contributed by atoms with E-state index in [-0.39, 0.29) is 10.5 Å². The summed E-state index contributed by atoms with van der Waals surface area (Å²) in [6.07, 6.45) is 3.61. The molecule has 0 aliphatic heterocycles. The van der Waals surface area contributed by atoms with Crippen LogP contribution in [0.3, 0.4) is 0 Å². The van der Waals surface area contributed by atoms with Crippen LogP contribution in [0.1, 0.15) is 39.0 Å². The second kappa shape index (κ2) is 7.43. The second-order valence-corrected chi connectivity index (χ2v) is 7.54. The second-order valence-electron chi connectivity index (χ2n) is 5.98. The molecule has 1 aliphatic carbocycles. The first-order valence-corrected chi connectivity index (χ1v) is 8.16. The summed E-state index contributed by atoms with van der Waals surface area (Å²) in [5.74, 6) is -2.87. The Morgan fingerprint density at radius 1 is 1.36 bits per heavy atom. The summed E-state index contributed by atoms with van der Waals surface area (Å²) in [7, 11) is 1.14. The Balaban J connectivity index is 2.86. The lowest BCUT2D eigenvalue weighted by atomic mass is 9.91. The minimum atomic E-state index is -1.92. The van der Waals surface area contributed by atoms with Crippen LogP contribution in [0.4, 0.5) is 0 Å². The lowest BCUT2D eigenvalue weighted by molar-refractivity contribution is -0.151. The SMILES string of the molecule is COC(=O)[C@@](N)(CSC1(C)CCCC1)C(=O)[C@@H](N)CC(=O)O. The molecule has 0 saturated heterocycles. The monoisotopic (exact) mass is 332 g/mol. The topological polar surface area (TPSA) is 133 Å². The van der Waals surface area contributed by atoms with Gasteiger partial charge in [-0.2, -0.15) is 11.8 Å². The summed E-state index contributed by atoms with van der Waals surface area (Å²) in [6, 6.07) is -1.33. The van der Waals surface area contributed by atoms with Gasteiger partial charge in [0.25, 0.3) is 0 Å². The zero-order valence-corrected chi connectivity index (χ0v) is 13.8. The lowest BCUT2D eigenvalue weighted by Gasteiger charge is -2.31. The average molecular weight is 332 g/mol. The minimum absolute atomic E-state index is 0.0301. The van der Waals surface area contributed by atoms with Gasteiger partial charge >= 0.3 is 11.9 Å². The minimum Gasteiger partial charge on any atom is -0.481 e. The number of ether oxygens (including phenoxy) is 1. The van der Waals surface area contributed by atoms with Crippen molar-refractivity contribution in [2.24, 2.45) is 11.5 Å². The summed E-state index contributed by atoms with van der Waals surface area (Å²) in [5, 5.41) is 8.74. The van der Waals surface area contributed by atoms with Crippen LogP contribution >= 0.6 is 11.8 Å². The highest BCUT2D eigenvalue weighted by Gasteiger charge is 2.47. The molecular formula is C14H24N2O5S. The number of Topliss-reactive ketones (excluding diaryl/α,β-unsaturated/α-hetero) is 1. The Morgan fingerprint density at radius 2 is 1.91 bits per heavy atom. The molecule has 126 valence electrons. The third kappa shape index (κ3) is 4.44. The van der Waals surface area contributed by atoms with Gasteiger partial charge in [-0.1, -0.05) is 19.8 Å². The lowest BCUT2D eigenvalue weighted by Crippen LogP contribution is -2.63. The number of thioether (sulfide) groups is 1. The van der Waals surface area contributed by atoms with Crippen molar-refractivity contribution < 1.29 is 24.2 Å². The maximum absolute atomic E-state index is 12.4. The van der Waals surface area contributed by atoms with E-state index in [9.17, 15) is 14.4 Å². The number of hydrogen-bond donors (Lipinski definition) is 3. The van der Waals surface area contributed by atoms with Crippen LogP contribution in [0.25, 0.3) is 0 Å². The third-order valence-corrected chi connectivity index (χ3v) is 5.74. The van der Waals surface area contributed by atoms with E-state index >= 15 is 0 Å². The molecule has 0 unspecified atom stereocenters. The van der Waals surface area contributed by atoms with Gasteiger partial charge in [0.15, 0.2) is 11.3 Å². The van der Waals surface area contributed by atoms with Crippen molar-refractivity contribution in [2.75, 3.05) is 12.9 Å². The number of carboxylic acid groups (broad SMARTS) is 1. The molecule has 0 spiro atoms. The van der Waals surface area contributed by atoms with Crippen molar-refractivity contribution in [1.29, 1.82) is 0 Å². The largest absolute Gasteiger partial charge is 0.481 e. The highest BCUT2D eigenvalue weighted by Crippen LogP contribution is 2.42. The van der Waals surface area contributed by atoms with E-state index in [1.54, 1.807) is 0 Å². The van der Waals surface area contributed by atoms with E-state index in [2.05, 4.69) is 11.7 Å². The van der Waals surface area contributed by atoms with Gasteiger partial charge < -0.3 is 21.3 Å². The summed E-state index contributed by atoms with van der Waals surface area (Å²) >= 11 is 1.45. The molecule has 5 N–H and O–H groups in total. The Morgan fingerprint density at radius 3 is 2.36 bits per heavy atom. The van der Waals surface area contributed by atoms with Gasteiger partial charge in [0, 0.05) is 10.5 Å². The fraction of sp³-hybridized carbons (Fsp3) is 0.786. The summed E-state index contributed by atoms with van der Waals surface area (Å²) < 4.78 is 4.61. The Kier molecular flexibility index (Phi) is 6.39. The number of carboxylic acids is 1. The van der Waals surface area contributed by atoms with E-state index in [0.717, 1.165) is 32.8 Å². The summed E-state index contributed by atoms with van der Waals surface area (Å²) in [5.41, 5.74) is 9.66. The molecule has 7 nitrogen and oxygen atoms in total. The maximum Gasteiger partial charge on any atom is 0.334 e. The molecule has 1 aliphatic rings. The molecule has 0 aromatic heterocycles. The molecule has 1 fully saturated rings. The number of carbonyl (C=O) groups is 3. The standard InChI is InChI=1S/C14H24N2O5S/c1-13(5-3-4-6-13)22-8-14(16,12(20)21-2)11(19)9(15)7-10(17)18/h9H,3-8,15-16H2,1-2H3,(H,17,18)/t9-,14+/m0/s1. The van der Waals surface area contributed by atoms with Gasteiger partial charge in [-0.15, -0.1) is 0 Å². The predicted octanol–water partition coefficient (Wildman–Crippen LogP) is 0.294. The third-order valence-electron chi connectivity index (χ3n) is 4.03. The number of ketones is 1. The zero-order chi connectivity index (χ0) is 17.0. The van der Waals surface area contributed by atoms with Gasteiger partial charge in [-0.25, -0.2) is 4.79 Å². The van der Waals surface area contributed by atoms with E-state index in [4.69, 9.17) is 16.6 Å². The Hall–Kier alpha value is -1.12. The number of hydrogen-bond acceptors (Lipinski definition) is 7. The number of rotatable bonds is 8. The molecule has 0 radical (unpaired) electrons. The van der Waals surface area contributed by atoms with Crippen molar-refractivity contribution in [3.05, 3.63) is 0 Å². The van der Waals surface area contributed by atoms with Crippen molar-refractivity contribution in [3.63, 3.8) is 0 Å². The summed E-state index contributed by atoms with van der Waals surface area (Å²) in [6.45, 7) is 2.07. The molecular weight excluding hydrogens is 308 g/mol.